The highest BCUT2D eigenvalue weighted by atomic mass is 32.2. The van der Waals surface area contributed by atoms with Crippen LogP contribution in [0, 0.1) is 0 Å². The molecule has 1 aliphatic rings. The van der Waals surface area contributed by atoms with Crippen LogP contribution in [-0.2, 0) is 16.4 Å². The Bertz CT molecular complexity index is 552. The van der Waals surface area contributed by atoms with Gasteiger partial charge in [0.15, 0.2) is 0 Å². The molecule has 0 aromatic heterocycles. The fourth-order valence-corrected chi connectivity index (χ4v) is 3.72. The molecule has 1 unspecified atom stereocenters. The number of sulfonamides is 1. The summed E-state index contributed by atoms with van der Waals surface area (Å²) in [6.45, 7) is 5.29. The van der Waals surface area contributed by atoms with E-state index in [4.69, 9.17) is 0 Å². The summed E-state index contributed by atoms with van der Waals surface area (Å²) in [6, 6.07) is 8.48. The molecule has 5 heteroatoms. The Morgan fingerprint density at radius 2 is 2.00 bits per heavy atom. The molecule has 0 saturated carbocycles. The maximum Gasteiger partial charge on any atom is 0.209 e. The van der Waals surface area contributed by atoms with E-state index in [0.717, 1.165) is 13.0 Å². The van der Waals surface area contributed by atoms with E-state index in [1.807, 2.05) is 13.8 Å². The summed E-state index contributed by atoms with van der Waals surface area (Å²) in [4.78, 5) is 0. The highest BCUT2D eigenvalue weighted by Crippen LogP contribution is 2.33. The van der Waals surface area contributed by atoms with E-state index in [1.54, 1.807) is 0 Å². The Morgan fingerprint density at radius 1 is 1.32 bits per heavy atom. The van der Waals surface area contributed by atoms with Gasteiger partial charge in [-0.15, -0.1) is 0 Å². The Kier molecular flexibility index (Phi) is 3.99. The first-order chi connectivity index (χ1) is 8.77. The second-order valence-electron chi connectivity index (χ2n) is 5.99. The highest BCUT2D eigenvalue weighted by Gasteiger charge is 2.26. The van der Waals surface area contributed by atoms with E-state index < -0.39 is 15.6 Å². The quantitative estimate of drug-likeness (QED) is 0.825. The van der Waals surface area contributed by atoms with E-state index >= 15 is 0 Å². The topological polar surface area (TPSA) is 58.2 Å². The van der Waals surface area contributed by atoms with Crippen molar-refractivity contribution in [1.82, 2.24) is 10.0 Å². The van der Waals surface area contributed by atoms with Gasteiger partial charge in [-0.25, -0.2) is 13.1 Å². The monoisotopic (exact) mass is 282 g/mol. The van der Waals surface area contributed by atoms with Gasteiger partial charge >= 0.3 is 0 Å². The molecular formula is C14H22N2O2S. The average molecular weight is 282 g/mol. The summed E-state index contributed by atoms with van der Waals surface area (Å²) >= 11 is 0. The molecule has 1 aromatic carbocycles. The zero-order valence-corrected chi connectivity index (χ0v) is 12.5. The van der Waals surface area contributed by atoms with Crippen molar-refractivity contribution in [3.8, 4) is 0 Å². The van der Waals surface area contributed by atoms with Gasteiger partial charge in [-0.2, -0.15) is 0 Å². The predicted molar refractivity (Wildman–Crippen MR) is 77.8 cm³/mol. The van der Waals surface area contributed by atoms with Gasteiger partial charge in [0, 0.05) is 24.5 Å². The van der Waals surface area contributed by atoms with Crippen molar-refractivity contribution in [2.75, 3.05) is 19.3 Å². The van der Waals surface area contributed by atoms with Crippen LogP contribution in [0.15, 0.2) is 24.3 Å². The smallest absolute Gasteiger partial charge is 0.209 e. The number of rotatable bonds is 6. The first kappa shape index (κ1) is 14.5. The predicted octanol–water partition coefficient (Wildman–Crippen LogP) is 1.24. The van der Waals surface area contributed by atoms with E-state index in [1.165, 1.54) is 17.4 Å². The van der Waals surface area contributed by atoms with Crippen LogP contribution in [0.4, 0.5) is 0 Å². The summed E-state index contributed by atoms with van der Waals surface area (Å²) in [5, 5.41) is 3.36. The highest BCUT2D eigenvalue weighted by molar-refractivity contribution is 7.88. The Morgan fingerprint density at radius 3 is 2.63 bits per heavy atom. The van der Waals surface area contributed by atoms with Crippen LogP contribution in [0.1, 0.15) is 30.9 Å². The molecule has 1 aromatic rings. The molecule has 1 aliphatic carbocycles. The number of hydrogen-bond acceptors (Lipinski definition) is 3. The molecule has 0 fully saturated rings. The zero-order valence-electron chi connectivity index (χ0n) is 11.7. The van der Waals surface area contributed by atoms with Crippen molar-refractivity contribution in [1.29, 1.82) is 0 Å². The second kappa shape index (κ2) is 5.23. The fourth-order valence-electron chi connectivity index (χ4n) is 2.64. The fraction of sp³-hybridized carbons (Fsp3) is 0.571. The summed E-state index contributed by atoms with van der Waals surface area (Å²) in [5.41, 5.74) is 2.39. The van der Waals surface area contributed by atoms with Gasteiger partial charge < -0.3 is 5.32 Å². The summed E-state index contributed by atoms with van der Waals surface area (Å²) < 4.78 is 25.1. The number of nitrogens with one attached hydrogen (secondary N) is 2. The van der Waals surface area contributed by atoms with Gasteiger partial charge in [-0.05, 0) is 31.4 Å². The van der Waals surface area contributed by atoms with Crippen LogP contribution in [0.3, 0.4) is 0 Å². The lowest BCUT2D eigenvalue weighted by Crippen LogP contribution is -2.50. The molecule has 106 valence electrons. The molecule has 2 rings (SSSR count). The van der Waals surface area contributed by atoms with Crippen molar-refractivity contribution in [2.45, 2.75) is 31.7 Å². The van der Waals surface area contributed by atoms with Crippen LogP contribution in [0.25, 0.3) is 0 Å². The van der Waals surface area contributed by atoms with Gasteiger partial charge in [-0.3, -0.25) is 0 Å². The standard InChI is InChI=1S/C14H22N2O2S/c1-14(2,16-19(3,17)18)10-15-9-12-8-11-6-4-5-7-13(11)12/h4-7,12,15-16H,8-10H2,1-3H3. The molecule has 0 aliphatic heterocycles. The van der Waals surface area contributed by atoms with E-state index in [0.29, 0.717) is 12.5 Å². The largest absolute Gasteiger partial charge is 0.314 e. The Hall–Kier alpha value is -0.910. The maximum atomic E-state index is 11.2. The maximum absolute atomic E-state index is 11.2. The van der Waals surface area contributed by atoms with Crippen LogP contribution in [0.5, 0.6) is 0 Å². The Balaban J connectivity index is 1.79. The zero-order chi connectivity index (χ0) is 14.1. The molecule has 0 spiro atoms. The van der Waals surface area contributed by atoms with Gasteiger partial charge in [-0.1, -0.05) is 24.3 Å². The van der Waals surface area contributed by atoms with Gasteiger partial charge in [0.05, 0.1) is 6.26 Å². The number of fused-ring (bicyclic) bond motifs is 1. The minimum absolute atomic E-state index is 0.461. The molecular weight excluding hydrogens is 260 g/mol. The normalized spacial score (nSPS) is 18.8. The molecule has 19 heavy (non-hydrogen) atoms. The molecule has 0 radical (unpaired) electrons. The minimum atomic E-state index is -3.16. The first-order valence-electron chi connectivity index (χ1n) is 6.54. The van der Waals surface area contributed by atoms with Gasteiger partial charge in [0.2, 0.25) is 10.0 Å². The summed E-state index contributed by atoms with van der Waals surface area (Å²) in [5.74, 6) is 0.560. The second-order valence-corrected chi connectivity index (χ2v) is 7.74. The van der Waals surface area contributed by atoms with Gasteiger partial charge in [0.25, 0.3) is 0 Å². The van der Waals surface area contributed by atoms with Crippen molar-refractivity contribution in [3.05, 3.63) is 35.4 Å². The third kappa shape index (κ3) is 4.03. The van der Waals surface area contributed by atoms with Crippen LogP contribution < -0.4 is 10.0 Å². The molecule has 1 atom stereocenters. The minimum Gasteiger partial charge on any atom is -0.314 e. The van der Waals surface area contributed by atoms with Crippen LogP contribution in [0.2, 0.25) is 0 Å². The third-order valence-corrected chi connectivity index (χ3v) is 4.30. The van der Waals surface area contributed by atoms with E-state index in [-0.39, 0.29) is 0 Å². The van der Waals surface area contributed by atoms with Crippen LogP contribution >= 0.6 is 0 Å². The first-order valence-corrected chi connectivity index (χ1v) is 8.43. The van der Waals surface area contributed by atoms with Crippen molar-refractivity contribution in [3.63, 3.8) is 0 Å². The lowest BCUT2D eigenvalue weighted by molar-refractivity contribution is 0.406. The SMILES string of the molecule is CC(C)(CNCC1Cc2ccccc21)NS(C)(=O)=O. The molecule has 2 N–H and O–H groups in total. The average Bonchev–Trinajstić information content (AvgIpc) is 2.21. The van der Waals surface area contributed by atoms with E-state index in [2.05, 4.69) is 34.3 Å². The lowest BCUT2D eigenvalue weighted by atomic mass is 9.77. The summed E-state index contributed by atoms with van der Waals surface area (Å²) in [7, 11) is -3.16. The van der Waals surface area contributed by atoms with E-state index in [9.17, 15) is 8.42 Å². The summed E-state index contributed by atoms with van der Waals surface area (Å²) in [6.07, 6.45) is 2.31. The number of benzene rings is 1. The number of hydrogen-bond donors (Lipinski definition) is 2. The Labute approximate surface area is 115 Å². The van der Waals surface area contributed by atoms with Crippen molar-refractivity contribution < 1.29 is 8.42 Å². The molecule has 0 saturated heterocycles. The molecule has 0 amide bonds. The van der Waals surface area contributed by atoms with Crippen LogP contribution in [-0.4, -0.2) is 33.3 Å². The third-order valence-electron chi connectivity index (χ3n) is 3.38. The molecule has 4 nitrogen and oxygen atoms in total. The molecule has 0 bridgehead atoms. The van der Waals surface area contributed by atoms with Gasteiger partial charge in [0.1, 0.15) is 0 Å². The van der Waals surface area contributed by atoms with Crippen molar-refractivity contribution in [2.24, 2.45) is 0 Å². The molecule has 0 heterocycles. The lowest BCUT2D eigenvalue weighted by Gasteiger charge is -2.32. The van der Waals surface area contributed by atoms with Crippen molar-refractivity contribution >= 4 is 10.0 Å².